The van der Waals surface area contributed by atoms with Crippen LogP contribution in [0.5, 0.6) is 5.75 Å². The minimum atomic E-state index is 0.171. The molecule has 0 amide bonds. The summed E-state index contributed by atoms with van der Waals surface area (Å²) in [5.74, 6) is 0.867. The Morgan fingerprint density at radius 3 is 2.62 bits per heavy atom. The lowest BCUT2D eigenvalue weighted by Gasteiger charge is -2.09. The first kappa shape index (κ1) is 17.5. The largest absolute Gasteiger partial charge is 0.497 e. The monoisotopic (exact) mass is 290 g/mol. The average molecular weight is 290 g/mol. The van der Waals surface area contributed by atoms with Crippen molar-refractivity contribution in [2.75, 3.05) is 20.3 Å². The molecule has 1 aromatic rings. The van der Waals surface area contributed by atoms with E-state index in [0.717, 1.165) is 24.2 Å². The second kappa shape index (κ2) is 11.1. The second-order valence-electron chi connectivity index (χ2n) is 4.69. The van der Waals surface area contributed by atoms with E-state index in [-0.39, 0.29) is 6.10 Å². The summed E-state index contributed by atoms with van der Waals surface area (Å²) in [6, 6.07) is 7.93. The van der Waals surface area contributed by atoms with Gasteiger partial charge in [-0.15, -0.1) is 6.58 Å². The number of ether oxygens (including phenoxy) is 3. The van der Waals surface area contributed by atoms with Crippen LogP contribution in [0, 0.1) is 0 Å². The topological polar surface area (TPSA) is 27.7 Å². The molecule has 116 valence electrons. The third-order valence-electron chi connectivity index (χ3n) is 3.04. The lowest BCUT2D eigenvalue weighted by atomic mass is 10.2. The molecule has 0 heterocycles. The normalized spacial score (nSPS) is 12.5. The quantitative estimate of drug-likeness (QED) is 0.453. The summed E-state index contributed by atoms with van der Waals surface area (Å²) in [5.41, 5.74) is 1.15. The molecular weight excluding hydrogens is 264 g/mol. The molecule has 3 nitrogen and oxygen atoms in total. The molecule has 0 fully saturated rings. The smallest absolute Gasteiger partial charge is 0.118 e. The highest BCUT2D eigenvalue weighted by Crippen LogP contribution is 2.12. The van der Waals surface area contributed by atoms with E-state index in [1.807, 2.05) is 24.3 Å². The number of hydrogen-bond donors (Lipinski definition) is 0. The Hall–Kier alpha value is -1.58. The lowest BCUT2D eigenvalue weighted by Crippen LogP contribution is -2.08. The first-order valence-electron chi connectivity index (χ1n) is 7.40. The molecular formula is C18H26O3. The van der Waals surface area contributed by atoms with Crippen molar-refractivity contribution >= 4 is 0 Å². The minimum absolute atomic E-state index is 0.171. The zero-order chi connectivity index (χ0) is 15.3. The van der Waals surface area contributed by atoms with Gasteiger partial charge in [0, 0.05) is 0 Å². The first-order chi connectivity index (χ1) is 10.3. The Kier molecular flexibility index (Phi) is 9.25. The molecule has 0 aliphatic heterocycles. The van der Waals surface area contributed by atoms with Crippen molar-refractivity contribution in [2.24, 2.45) is 0 Å². The van der Waals surface area contributed by atoms with Crippen molar-refractivity contribution in [1.82, 2.24) is 0 Å². The summed E-state index contributed by atoms with van der Waals surface area (Å²) >= 11 is 0. The van der Waals surface area contributed by atoms with Gasteiger partial charge >= 0.3 is 0 Å². The van der Waals surface area contributed by atoms with Crippen LogP contribution in [0.1, 0.15) is 25.3 Å². The maximum atomic E-state index is 5.64. The van der Waals surface area contributed by atoms with Crippen molar-refractivity contribution in [3.8, 4) is 5.75 Å². The molecule has 0 unspecified atom stereocenters. The van der Waals surface area contributed by atoms with Crippen molar-refractivity contribution in [3.63, 3.8) is 0 Å². The van der Waals surface area contributed by atoms with Gasteiger partial charge in [0.05, 0.1) is 33.0 Å². The predicted octanol–water partition coefficient (Wildman–Crippen LogP) is 4.14. The number of benzene rings is 1. The van der Waals surface area contributed by atoms with E-state index in [0.29, 0.717) is 19.8 Å². The van der Waals surface area contributed by atoms with Crippen LogP contribution < -0.4 is 4.74 Å². The van der Waals surface area contributed by atoms with E-state index >= 15 is 0 Å². The summed E-state index contributed by atoms with van der Waals surface area (Å²) in [6.07, 6.45) is 8.02. The Labute approximate surface area is 128 Å². The maximum Gasteiger partial charge on any atom is 0.118 e. The van der Waals surface area contributed by atoms with Crippen LogP contribution in [0.25, 0.3) is 0 Å². The minimum Gasteiger partial charge on any atom is -0.497 e. The lowest BCUT2D eigenvalue weighted by molar-refractivity contribution is 0.105. The van der Waals surface area contributed by atoms with Crippen molar-refractivity contribution in [2.45, 2.75) is 32.5 Å². The van der Waals surface area contributed by atoms with Gasteiger partial charge in [-0.25, -0.2) is 0 Å². The van der Waals surface area contributed by atoms with Crippen LogP contribution in [-0.4, -0.2) is 26.4 Å². The van der Waals surface area contributed by atoms with Gasteiger partial charge in [0.2, 0.25) is 0 Å². The number of hydrogen-bond acceptors (Lipinski definition) is 3. The van der Waals surface area contributed by atoms with E-state index in [2.05, 4.69) is 25.7 Å². The fourth-order valence-corrected chi connectivity index (χ4v) is 1.81. The molecule has 0 radical (unpaired) electrons. The van der Waals surface area contributed by atoms with Crippen LogP contribution in [-0.2, 0) is 16.1 Å². The first-order valence-corrected chi connectivity index (χ1v) is 7.40. The highest BCUT2D eigenvalue weighted by molar-refractivity contribution is 5.26. The average Bonchev–Trinajstić information content (AvgIpc) is 2.54. The maximum absolute atomic E-state index is 5.64. The fraction of sp³-hybridized carbons (Fsp3) is 0.444. The highest BCUT2D eigenvalue weighted by atomic mass is 16.5. The summed E-state index contributed by atoms with van der Waals surface area (Å²) < 4.78 is 16.3. The Morgan fingerprint density at radius 1 is 1.24 bits per heavy atom. The summed E-state index contributed by atoms with van der Waals surface area (Å²) in [6.45, 7) is 7.69. The molecule has 0 saturated heterocycles. The van der Waals surface area contributed by atoms with Gasteiger partial charge in [-0.05, 0) is 30.5 Å². The third-order valence-corrected chi connectivity index (χ3v) is 3.04. The van der Waals surface area contributed by atoms with Gasteiger partial charge in [-0.3, -0.25) is 0 Å². The van der Waals surface area contributed by atoms with Crippen LogP contribution in [0.15, 0.2) is 49.1 Å². The van der Waals surface area contributed by atoms with Crippen molar-refractivity contribution < 1.29 is 14.2 Å². The van der Waals surface area contributed by atoms with Crippen LogP contribution in [0.3, 0.4) is 0 Å². The summed E-state index contributed by atoms with van der Waals surface area (Å²) in [4.78, 5) is 0. The molecule has 0 N–H and O–H groups in total. The van der Waals surface area contributed by atoms with E-state index in [9.17, 15) is 0 Å². The number of rotatable bonds is 11. The summed E-state index contributed by atoms with van der Waals surface area (Å²) in [5, 5.41) is 0. The second-order valence-corrected chi connectivity index (χ2v) is 4.69. The molecule has 1 aromatic carbocycles. The zero-order valence-electron chi connectivity index (χ0n) is 13.1. The Balaban J connectivity index is 2.16. The van der Waals surface area contributed by atoms with Crippen LogP contribution in [0.2, 0.25) is 0 Å². The molecule has 3 heteroatoms. The fourth-order valence-electron chi connectivity index (χ4n) is 1.81. The molecule has 0 bridgehead atoms. The summed E-state index contributed by atoms with van der Waals surface area (Å²) in [7, 11) is 1.67. The predicted molar refractivity (Wildman–Crippen MR) is 86.6 cm³/mol. The zero-order valence-corrected chi connectivity index (χ0v) is 13.1. The molecule has 0 spiro atoms. The molecule has 0 saturated carbocycles. The van der Waals surface area contributed by atoms with E-state index < -0.39 is 0 Å². The molecule has 1 atom stereocenters. The van der Waals surface area contributed by atoms with Gasteiger partial charge in [0.25, 0.3) is 0 Å². The molecule has 0 aliphatic carbocycles. The van der Waals surface area contributed by atoms with Crippen LogP contribution in [0.4, 0.5) is 0 Å². The SMILES string of the molecule is C=CCO[C@H](C=CCCOCc1ccc(OC)cc1)CC. The van der Waals surface area contributed by atoms with Crippen molar-refractivity contribution in [3.05, 3.63) is 54.6 Å². The Bertz CT molecular complexity index is 409. The molecule has 0 aromatic heterocycles. The molecule has 1 rings (SSSR count). The standard InChI is InChI=1S/C18H26O3/c1-4-13-21-17(5-2)8-6-7-14-20-15-16-9-11-18(19-3)12-10-16/h4,6,8-12,17H,1,5,7,13-15H2,2-3H3/t17-/m0/s1. The van der Waals surface area contributed by atoms with Gasteiger partial charge < -0.3 is 14.2 Å². The van der Waals surface area contributed by atoms with E-state index in [1.54, 1.807) is 13.2 Å². The van der Waals surface area contributed by atoms with E-state index in [4.69, 9.17) is 14.2 Å². The Morgan fingerprint density at radius 2 is 2.00 bits per heavy atom. The van der Waals surface area contributed by atoms with Crippen molar-refractivity contribution in [1.29, 1.82) is 0 Å². The highest BCUT2D eigenvalue weighted by Gasteiger charge is 1.99. The van der Waals surface area contributed by atoms with Gasteiger partial charge in [0.1, 0.15) is 5.75 Å². The van der Waals surface area contributed by atoms with Gasteiger partial charge in [-0.2, -0.15) is 0 Å². The van der Waals surface area contributed by atoms with Gasteiger partial charge in [-0.1, -0.05) is 37.3 Å². The van der Waals surface area contributed by atoms with E-state index in [1.165, 1.54) is 0 Å². The molecule has 21 heavy (non-hydrogen) atoms. The third kappa shape index (κ3) is 7.69. The number of methoxy groups -OCH3 is 1. The molecule has 0 aliphatic rings. The van der Waals surface area contributed by atoms with Crippen LogP contribution >= 0.6 is 0 Å². The van der Waals surface area contributed by atoms with Gasteiger partial charge in [0.15, 0.2) is 0 Å².